The van der Waals surface area contributed by atoms with Gasteiger partial charge < -0.3 is 14.6 Å². The highest BCUT2D eigenvalue weighted by Crippen LogP contribution is 2.33. The maximum Gasteiger partial charge on any atom is 0.161 e. The van der Waals surface area contributed by atoms with Crippen LogP contribution in [0.2, 0.25) is 0 Å². The quantitative estimate of drug-likeness (QED) is 0.739. The van der Waals surface area contributed by atoms with Gasteiger partial charge in [0.05, 0.1) is 5.60 Å². The first-order chi connectivity index (χ1) is 6.57. The number of benzene rings is 1. The van der Waals surface area contributed by atoms with Crippen LogP contribution in [-0.4, -0.2) is 18.3 Å². The largest absolute Gasteiger partial charge is 0.486 e. The van der Waals surface area contributed by atoms with Gasteiger partial charge in [-0.1, -0.05) is 6.07 Å². The lowest BCUT2D eigenvalue weighted by Crippen LogP contribution is -2.18. The summed E-state index contributed by atoms with van der Waals surface area (Å²) >= 11 is 0. The second kappa shape index (κ2) is 3.17. The van der Waals surface area contributed by atoms with Gasteiger partial charge in [-0.25, -0.2) is 0 Å². The molecule has 0 fully saturated rings. The van der Waals surface area contributed by atoms with E-state index in [1.807, 2.05) is 18.2 Å². The van der Waals surface area contributed by atoms with Crippen LogP contribution >= 0.6 is 0 Å². The summed E-state index contributed by atoms with van der Waals surface area (Å²) in [5.41, 5.74) is -0.00251. The van der Waals surface area contributed by atoms with Crippen LogP contribution in [0, 0.1) is 0 Å². The molecule has 0 aliphatic carbocycles. The highest BCUT2D eigenvalue weighted by Gasteiger charge is 2.19. The van der Waals surface area contributed by atoms with Crippen molar-refractivity contribution in [2.45, 2.75) is 19.4 Å². The lowest BCUT2D eigenvalue weighted by atomic mass is 9.98. The summed E-state index contributed by atoms with van der Waals surface area (Å²) in [5, 5.41) is 9.79. The molecule has 1 aromatic carbocycles. The lowest BCUT2D eigenvalue weighted by Gasteiger charge is -2.22. The molecule has 0 aromatic heterocycles. The second-order valence-corrected chi connectivity index (χ2v) is 3.92. The zero-order valence-electron chi connectivity index (χ0n) is 8.41. The van der Waals surface area contributed by atoms with Gasteiger partial charge in [0.15, 0.2) is 11.5 Å². The van der Waals surface area contributed by atoms with E-state index in [1.54, 1.807) is 13.8 Å². The molecule has 0 radical (unpaired) electrons. The monoisotopic (exact) mass is 194 g/mol. The van der Waals surface area contributed by atoms with Gasteiger partial charge >= 0.3 is 0 Å². The maximum absolute atomic E-state index is 9.79. The Hall–Kier alpha value is -1.22. The molecule has 1 heterocycles. The van der Waals surface area contributed by atoms with Crippen LogP contribution in [0.15, 0.2) is 18.2 Å². The average molecular weight is 194 g/mol. The van der Waals surface area contributed by atoms with Crippen LogP contribution in [0.1, 0.15) is 19.4 Å². The minimum absolute atomic E-state index is 0.572. The first-order valence-electron chi connectivity index (χ1n) is 4.70. The Morgan fingerprint density at radius 1 is 1.14 bits per heavy atom. The van der Waals surface area contributed by atoms with Gasteiger partial charge in [0.25, 0.3) is 0 Å². The van der Waals surface area contributed by atoms with Crippen molar-refractivity contribution in [3.63, 3.8) is 0 Å². The summed E-state index contributed by atoms with van der Waals surface area (Å²) in [6.45, 7) is 4.66. The first kappa shape index (κ1) is 9.34. The Morgan fingerprint density at radius 3 is 2.43 bits per heavy atom. The molecule has 0 amide bonds. The van der Waals surface area contributed by atoms with Gasteiger partial charge in [0.1, 0.15) is 13.2 Å². The molecule has 76 valence electrons. The summed E-state index contributed by atoms with van der Waals surface area (Å²) in [6.07, 6.45) is 0. The second-order valence-electron chi connectivity index (χ2n) is 3.92. The highest BCUT2D eigenvalue weighted by molar-refractivity contribution is 5.45. The Labute approximate surface area is 83.3 Å². The molecule has 0 saturated carbocycles. The zero-order valence-corrected chi connectivity index (χ0v) is 8.41. The predicted octanol–water partition coefficient (Wildman–Crippen LogP) is 1.69. The van der Waals surface area contributed by atoms with E-state index < -0.39 is 5.60 Å². The minimum Gasteiger partial charge on any atom is -0.486 e. The molecule has 0 spiro atoms. The number of hydrogen-bond acceptors (Lipinski definition) is 3. The van der Waals surface area contributed by atoms with Crippen molar-refractivity contribution in [3.05, 3.63) is 23.8 Å². The summed E-state index contributed by atoms with van der Waals surface area (Å²) in [4.78, 5) is 0. The molecule has 0 saturated heterocycles. The van der Waals surface area contributed by atoms with Crippen LogP contribution in [0.25, 0.3) is 0 Å². The number of aliphatic hydroxyl groups is 1. The van der Waals surface area contributed by atoms with E-state index in [1.165, 1.54) is 0 Å². The third-order valence-electron chi connectivity index (χ3n) is 2.25. The van der Waals surface area contributed by atoms with Crippen molar-refractivity contribution < 1.29 is 14.6 Å². The summed E-state index contributed by atoms with van der Waals surface area (Å²) in [7, 11) is 0. The van der Waals surface area contributed by atoms with Crippen LogP contribution in [0.3, 0.4) is 0 Å². The van der Waals surface area contributed by atoms with E-state index in [9.17, 15) is 5.11 Å². The first-order valence-corrected chi connectivity index (χ1v) is 4.70. The average Bonchev–Trinajstić information content (AvgIpc) is 2.16. The van der Waals surface area contributed by atoms with Crippen molar-refractivity contribution in [1.29, 1.82) is 0 Å². The van der Waals surface area contributed by atoms with Gasteiger partial charge in [-0.3, -0.25) is 0 Å². The normalized spacial score (nSPS) is 15.4. The summed E-state index contributed by atoms with van der Waals surface area (Å²) < 4.78 is 10.8. The third kappa shape index (κ3) is 1.68. The number of rotatable bonds is 1. The van der Waals surface area contributed by atoms with E-state index >= 15 is 0 Å². The number of fused-ring (bicyclic) bond motifs is 1. The fourth-order valence-electron chi connectivity index (χ4n) is 1.42. The SMILES string of the molecule is CC(C)(O)c1ccc2c(c1)OCCO2. The Bertz CT molecular complexity index is 339. The number of hydrogen-bond donors (Lipinski definition) is 1. The summed E-state index contributed by atoms with van der Waals surface area (Å²) in [5.74, 6) is 1.47. The zero-order chi connectivity index (χ0) is 10.2. The lowest BCUT2D eigenvalue weighted by molar-refractivity contribution is 0.0776. The molecular formula is C11H14O3. The van der Waals surface area contributed by atoms with Crippen molar-refractivity contribution in [2.24, 2.45) is 0 Å². The predicted molar refractivity (Wildman–Crippen MR) is 52.7 cm³/mol. The summed E-state index contributed by atoms with van der Waals surface area (Å²) in [6, 6.07) is 5.52. The molecule has 1 aromatic rings. The van der Waals surface area contributed by atoms with E-state index in [0.717, 1.165) is 17.1 Å². The fourth-order valence-corrected chi connectivity index (χ4v) is 1.42. The molecule has 0 bridgehead atoms. The van der Waals surface area contributed by atoms with Crippen molar-refractivity contribution in [3.8, 4) is 11.5 Å². The highest BCUT2D eigenvalue weighted by atomic mass is 16.6. The van der Waals surface area contributed by atoms with Crippen molar-refractivity contribution in [1.82, 2.24) is 0 Å². The third-order valence-corrected chi connectivity index (χ3v) is 2.25. The molecule has 2 rings (SSSR count). The van der Waals surface area contributed by atoms with Crippen LogP contribution in [0.5, 0.6) is 11.5 Å². The smallest absolute Gasteiger partial charge is 0.161 e. The van der Waals surface area contributed by atoms with E-state index in [0.29, 0.717) is 13.2 Å². The fraction of sp³-hybridized carbons (Fsp3) is 0.455. The van der Waals surface area contributed by atoms with E-state index in [2.05, 4.69) is 0 Å². The van der Waals surface area contributed by atoms with E-state index in [-0.39, 0.29) is 0 Å². The molecule has 1 aliphatic rings. The van der Waals surface area contributed by atoms with Gasteiger partial charge in [-0.2, -0.15) is 0 Å². The van der Waals surface area contributed by atoms with Crippen LogP contribution < -0.4 is 9.47 Å². The van der Waals surface area contributed by atoms with Crippen LogP contribution in [0.4, 0.5) is 0 Å². The molecule has 14 heavy (non-hydrogen) atoms. The van der Waals surface area contributed by atoms with Gasteiger partial charge in [0.2, 0.25) is 0 Å². The molecule has 3 heteroatoms. The van der Waals surface area contributed by atoms with Crippen LogP contribution in [-0.2, 0) is 5.60 Å². The standard InChI is InChI=1S/C11H14O3/c1-11(2,12)8-3-4-9-10(7-8)14-6-5-13-9/h3-4,7,12H,5-6H2,1-2H3. The maximum atomic E-state index is 9.79. The molecule has 1 N–H and O–H groups in total. The van der Waals surface area contributed by atoms with Crippen molar-refractivity contribution in [2.75, 3.05) is 13.2 Å². The number of ether oxygens (including phenoxy) is 2. The molecule has 3 nitrogen and oxygen atoms in total. The van der Waals surface area contributed by atoms with Gasteiger partial charge in [-0.05, 0) is 31.5 Å². The Kier molecular flexibility index (Phi) is 2.11. The van der Waals surface area contributed by atoms with Gasteiger partial charge in [-0.15, -0.1) is 0 Å². The molecule has 1 aliphatic heterocycles. The topological polar surface area (TPSA) is 38.7 Å². The molecule has 0 unspecified atom stereocenters. The van der Waals surface area contributed by atoms with Gasteiger partial charge in [0, 0.05) is 0 Å². The molecular weight excluding hydrogens is 180 g/mol. The minimum atomic E-state index is -0.837. The van der Waals surface area contributed by atoms with E-state index in [4.69, 9.17) is 9.47 Å². The molecule has 0 atom stereocenters. The Balaban J connectivity index is 2.39. The Morgan fingerprint density at radius 2 is 1.79 bits per heavy atom. The van der Waals surface area contributed by atoms with Crippen molar-refractivity contribution >= 4 is 0 Å².